The van der Waals surface area contributed by atoms with E-state index in [0.29, 0.717) is 12.5 Å². The van der Waals surface area contributed by atoms with Gasteiger partial charge in [-0.3, -0.25) is 9.69 Å². The first-order valence-corrected chi connectivity index (χ1v) is 7.35. The van der Waals surface area contributed by atoms with Crippen molar-refractivity contribution in [2.45, 2.75) is 63.3 Å². The molecule has 1 saturated heterocycles. The van der Waals surface area contributed by atoms with Crippen molar-refractivity contribution < 1.29 is 9.59 Å². The zero-order valence-electron chi connectivity index (χ0n) is 10.9. The predicted molar refractivity (Wildman–Crippen MR) is 68.0 cm³/mol. The summed E-state index contributed by atoms with van der Waals surface area (Å²) in [6.45, 7) is 0.645. The van der Waals surface area contributed by atoms with Gasteiger partial charge in [-0.2, -0.15) is 0 Å². The van der Waals surface area contributed by atoms with Gasteiger partial charge in [0.05, 0.1) is 0 Å². The van der Waals surface area contributed by atoms with Crippen LogP contribution in [-0.2, 0) is 4.79 Å². The Kier molecular flexibility index (Phi) is 3.04. The van der Waals surface area contributed by atoms with Crippen molar-refractivity contribution in [3.63, 3.8) is 0 Å². The van der Waals surface area contributed by atoms with Gasteiger partial charge in [-0.25, -0.2) is 4.79 Å². The standard InChI is InChI=1S/C14H22N2O2/c17-12-14(8-4-5-9-14)15-13(18)16(12)10-11-6-2-1-3-7-11/h11H,1-10H2,(H,15,18). The van der Waals surface area contributed by atoms with Crippen LogP contribution in [0.2, 0.25) is 0 Å². The van der Waals surface area contributed by atoms with E-state index in [2.05, 4.69) is 5.32 Å². The van der Waals surface area contributed by atoms with Crippen LogP contribution in [0.1, 0.15) is 57.8 Å². The van der Waals surface area contributed by atoms with Gasteiger partial charge >= 0.3 is 6.03 Å². The van der Waals surface area contributed by atoms with Crippen molar-refractivity contribution in [1.82, 2.24) is 10.2 Å². The summed E-state index contributed by atoms with van der Waals surface area (Å²) in [6.07, 6.45) is 9.93. The highest BCUT2D eigenvalue weighted by atomic mass is 16.2. The summed E-state index contributed by atoms with van der Waals surface area (Å²) >= 11 is 0. The number of nitrogens with one attached hydrogen (secondary N) is 1. The normalized spacial score (nSPS) is 28.1. The van der Waals surface area contributed by atoms with Gasteiger partial charge < -0.3 is 5.32 Å². The van der Waals surface area contributed by atoms with Crippen molar-refractivity contribution in [2.24, 2.45) is 5.92 Å². The first-order valence-electron chi connectivity index (χ1n) is 7.35. The quantitative estimate of drug-likeness (QED) is 0.765. The van der Waals surface area contributed by atoms with Gasteiger partial charge in [0.2, 0.25) is 0 Å². The molecule has 3 fully saturated rings. The minimum Gasteiger partial charge on any atom is -0.323 e. The van der Waals surface area contributed by atoms with E-state index in [0.717, 1.165) is 25.7 Å². The zero-order valence-corrected chi connectivity index (χ0v) is 10.9. The first kappa shape index (κ1) is 12.0. The van der Waals surface area contributed by atoms with Crippen molar-refractivity contribution in [3.05, 3.63) is 0 Å². The Morgan fingerprint density at radius 3 is 2.39 bits per heavy atom. The van der Waals surface area contributed by atoms with Gasteiger partial charge in [-0.05, 0) is 31.6 Å². The third-order valence-corrected chi connectivity index (χ3v) is 4.87. The van der Waals surface area contributed by atoms with Crippen LogP contribution >= 0.6 is 0 Å². The topological polar surface area (TPSA) is 49.4 Å². The smallest absolute Gasteiger partial charge is 0.323 e. The van der Waals surface area contributed by atoms with E-state index in [1.54, 1.807) is 0 Å². The summed E-state index contributed by atoms with van der Waals surface area (Å²) in [5.74, 6) is 0.584. The lowest BCUT2D eigenvalue weighted by Gasteiger charge is -2.26. The highest BCUT2D eigenvalue weighted by molar-refractivity contribution is 6.07. The van der Waals surface area contributed by atoms with Gasteiger partial charge in [-0.1, -0.05) is 32.1 Å². The number of amides is 3. The van der Waals surface area contributed by atoms with E-state index < -0.39 is 5.54 Å². The third-order valence-electron chi connectivity index (χ3n) is 4.87. The lowest BCUT2D eigenvalue weighted by molar-refractivity contribution is -0.131. The Labute approximate surface area is 108 Å². The van der Waals surface area contributed by atoms with Crippen molar-refractivity contribution in [2.75, 3.05) is 6.54 Å². The van der Waals surface area contributed by atoms with Crippen molar-refractivity contribution in [3.8, 4) is 0 Å². The van der Waals surface area contributed by atoms with Crippen LogP contribution in [0.15, 0.2) is 0 Å². The number of carbonyl (C=O) groups excluding carboxylic acids is 2. The van der Waals surface area contributed by atoms with E-state index in [9.17, 15) is 9.59 Å². The highest BCUT2D eigenvalue weighted by Gasteiger charge is 2.52. The first-order chi connectivity index (χ1) is 8.71. The second kappa shape index (κ2) is 4.56. The molecule has 3 amide bonds. The SMILES string of the molecule is O=C1NC2(CCCC2)C(=O)N1CC1CCCCC1. The second-order valence-electron chi connectivity index (χ2n) is 6.14. The molecule has 18 heavy (non-hydrogen) atoms. The molecule has 0 aromatic carbocycles. The van der Waals surface area contributed by atoms with Crippen molar-refractivity contribution >= 4 is 11.9 Å². The van der Waals surface area contributed by atoms with Gasteiger partial charge in [0, 0.05) is 6.54 Å². The fourth-order valence-corrected chi connectivity index (χ4v) is 3.79. The molecule has 2 aliphatic carbocycles. The molecule has 3 aliphatic rings. The molecule has 1 aliphatic heterocycles. The summed E-state index contributed by atoms with van der Waals surface area (Å²) in [5.41, 5.74) is -0.522. The maximum absolute atomic E-state index is 12.5. The average Bonchev–Trinajstić information content (AvgIpc) is 2.93. The van der Waals surface area contributed by atoms with Crippen LogP contribution in [0, 0.1) is 5.92 Å². The third kappa shape index (κ3) is 1.91. The predicted octanol–water partition coefficient (Wildman–Crippen LogP) is 2.43. The van der Waals surface area contributed by atoms with Crippen LogP contribution < -0.4 is 5.32 Å². The molecule has 0 unspecified atom stereocenters. The average molecular weight is 250 g/mol. The summed E-state index contributed by atoms with van der Waals surface area (Å²) in [6, 6.07) is -0.146. The Bertz CT molecular complexity index is 355. The molecule has 0 aromatic rings. The lowest BCUT2D eigenvalue weighted by Crippen LogP contribution is -2.44. The van der Waals surface area contributed by atoms with Gasteiger partial charge in [0.15, 0.2) is 0 Å². The number of rotatable bonds is 2. The molecule has 2 saturated carbocycles. The molecular formula is C14H22N2O2. The van der Waals surface area contributed by atoms with E-state index in [1.807, 2.05) is 0 Å². The van der Waals surface area contributed by atoms with Crippen LogP contribution in [-0.4, -0.2) is 28.9 Å². The Hall–Kier alpha value is -1.06. The number of hydrogen-bond acceptors (Lipinski definition) is 2. The largest absolute Gasteiger partial charge is 0.325 e. The van der Waals surface area contributed by atoms with Gasteiger partial charge in [-0.15, -0.1) is 0 Å². The molecular weight excluding hydrogens is 228 g/mol. The van der Waals surface area contributed by atoms with Crippen LogP contribution in [0.25, 0.3) is 0 Å². The van der Waals surface area contributed by atoms with Crippen LogP contribution in [0.3, 0.4) is 0 Å². The van der Waals surface area contributed by atoms with E-state index >= 15 is 0 Å². The number of urea groups is 1. The molecule has 0 atom stereocenters. The molecule has 100 valence electrons. The Balaban J connectivity index is 1.68. The maximum atomic E-state index is 12.5. The van der Waals surface area contributed by atoms with Crippen LogP contribution in [0.4, 0.5) is 4.79 Å². The number of carbonyl (C=O) groups is 2. The van der Waals surface area contributed by atoms with E-state index in [-0.39, 0.29) is 11.9 Å². The maximum Gasteiger partial charge on any atom is 0.325 e. The van der Waals surface area contributed by atoms with E-state index in [4.69, 9.17) is 0 Å². The molecule has 1 heterocycles. The molecule has 1 spiro atoms. The molecule has 0 bridgehead atoms. The molecule has 3 rings (SSSR count). The monoisotopic (exact) mass is 250 g/mol. The van der Waals surface area contributed by atoms with Gasteiger partial charge in [0.1, 0.15) is 5.54 Å². The van der Waals surface area contributed by atoms with Crippen molar-refractivity contribution in [1.29, 1.82) is 0 Å². The molecule has 1 N–H and O–H groups in total. The fourth-order valence-electron chi connectivity index (χ4n) is 3.79. The number of imide groups is 1. The summed E-state index contributed by atoms with van der Waals surface area (Å²) in [4.78, 5) is 26.0. The number of nitrogens with zero attached hydrogens (tertiary/aromatic N) is 1. The molecule has 0 radical (unpaired) electrons. The van der Waals surface area contributed by atoms with Crippen LogP contribution in [0.5, 0.6) is 0 Å². The summed E-state index contributed by atoms with van der Waals surface area (Å²) in [5, 5.41) is 2.96. The lowest BCUT2D eigenvalue weighted by atomic mass is 9.88. The Morgan fingerprint density at radius 1 is 1.06 bits per heavy atom. The van der Waals surface area contributed by atoms with Gasteiger partial charge in [0.25, 0.3) is 5.91 Å². The molecule has 0 aromatic heterocycles. The zero-order chi connectivity index (χ0) is 12.6. The molecule has 4 heteroatoms. The minimum atomic E-state index is -0.522. The fraction of sp³-hybridized carbons (Fsp3) is 0.857. The summed E-state index contributed by atoms with van der Waals surface area (Å²) in [7, 11) is 0. The highest BCUT2D eigenvalue weighted by Crippen LogP contribution is 2.36. The van der Waals surface area contributed by atoms with E-state index in [1.165, 1.54) is 37.0 Å². The summed E-state index contributed by atoms with van der Waals surface area (Å²) < 4.78 is 0. The second-order valence-corrected chi connectivity index (χ2v) is 6.14. The Morgan fingerprint density at radius 2 is 1.72 bits per heavy atom. The molecule has 4 nitrogen and oxygen atoms in total. The minimum absolute atomic E-state index is 0.0515. The number of hydrogen-bond donors (Lipinski definition) is 1.